The van der Waals surface area contributed by atoms with Gasteiger partial charge in [0, 0.05) is 23.8 Å². The summed E-state index contributed by atoms with van der Waals surface area (Å²) in [4.78, 5) is 11.9. The molecule has 1 aliphatic heterocycles. The van der Waals surface area contributed by atoms with E-state index in [1.165, 1.54) is 54.9 Å². The van der Waals surface area contributed by atoms with Crippen LogP contribution in [0.5, 0.6) is 0 Å². The molecule has 6 heteroatoms. The number of hydrogen-bond donors (Lipinski definition) is 1. The molecule has 5 nitrogen and oxygen atoms in total. The summed E-state index contributed by atoms with van der Waals surface area (Å²) < 4.78 is 1.22. The van der Waals surface area contributed by atoms with Gasteiger partial charge in [-0.2, -0.15) is 5.26 Å². The van der Waals surface area contributed by atoms with Gasteiger partial charge < -0.3 is 10.2 Å². The van der Waals surface area contributed by atoms with Gasteiger partial charge in [0.15, 0.2) is 0 Å². The highest BCUT2D eigenvalue weighted by molar-refractivity contribution is 7.18. The molecule has 2 fully saturated rings. The van der Waals surface area contributed by atoms with Crippen LogP contribution in [0.3, 0.4) is 0 Å². The predicted molar refractivity (Wildman–Crippen MR) is 113 cm³/mol. The third-order valence-corrected chi connectivity index (χ3v) is 7.12. The Balaban J connectivity index is 1.27. The molecule has 3 heterocycles. The number of hydrogen-bond acceptors (Lipinski definition) is 6. The van der Waals surface area contributed by atoms with Gasteiger partial charge in [-0.05, 0) is 69.1 Å². The molecule has 2 aromatic heterocycles. The van der Waals surface area contributed by atoms with E-state index in [0.29, 0.717) is 11.5 Å². The summed E-state index contributed by atoms with van der Waals surface area (Å²) in [6, 6.07) is 12.7. The zero-order chi connectivity index (χ0) is 18.9. The number of thiazole rings is 1. The Morgan fingerprint density at radius 3 is 2.71 bits per heavy atom. The van der Waals surface area contributed by atoms with Crippen molar-refractivity contribution in [2.24, 2.45) is 0 Å². The molecule has 2 aliphatic rings. The summed E-state index contributed by atoms with van der Waals surface area (Å²) >= 11 is 1.83. The van der Waals surface area contributed by atoms with E-state index in [4.69, 9.17) is 10.2 Å². The monoisotopic (exact) mass is 389 g/mol. The molecule has 0 radical (unpaired) electrons. The normalized spacial score (nSPS) is 22.5. The van der Waals surface area contributed by atoms with Gasteiger partial charge in [-0.25, -0.2) is 9.97 Å². The maximum absolute atomic E-state index is 8.88. The van der Waals surface area contributed by atoms with Crippen LogP contribution in [0, 0.1) is 11.3 Å². The van der Waals surface area contributed by atoms with Crippen molar-refractivity contribution in [3.63, 3.8) is 0 Å². The molecule has 0 unspecified atom stereocenters. The van der Waals surface area contributed by atoms with Crippen molar-refractivity contribution in [1.29, 1.82) is 5.26 Å². The molecule has 1 aliphatic carbocycles. The Labute approximate surface area is 169 Å². The molecule has 3 aromatic rings. The lowest BCUT2D eigenvalue weighted by Crippen LogP contribution is -2.46. The lowest BCUT2D eigenvalue weighted by molar-refractivity contribution is 0.0888. The number of fused-ring (bicyclic) bond motifs is 1. The van der Waals surface area contributed by atoms with Crippen LogP contribution in [0.4, 0.5) is 11.5 Å². The Kier molecular flexibility index (Phi) is 4.71. The number of benzene rings is 1. The molecular formula is C22H23N5S. The second-order valence-electron chi connectivity index (χ2n) is 7.82. The number of aromatic nitrogens is 2. The lowest BCUT2D eigenvalue weighted by atomic mass is 9.79. The molecule has 1 aromatic carbocycles. The minimum Gasteiger partial charge on any atom is -0.340 e. The Morgan fingerprint density at radius 1 is 1.11 bits per heavy atom. The molecule has 0 amide bonds. The Morgan fingerprint density at radius 2 is 1.96 bits per heavy atom. The van der Waals surface area contributed by atoms with Crippen molar-refractivity contribution in [2.75, 3.05) is 18.4 Å². The molecule has 5 rings (SSSR count). The molecule has 0 spiro atoms. The summed E-state index contributed by atoms with van der Waals surface area (Å²) in [5, 5.41) is 13.5. The fourth-order valence-corrected chi connectivity index (χ4v) is 5.38. The molecule has 1 saturated heterocycles. The maximum atomic E-state index is 8.88. The Hall–Kier alpha value is -2.49. The average Bonchev–Trinajstić information content (AvgIpc) is 3.11. The van der Waals surface area contributed by atoms with Gasteiger partial charge in [0.1, 0.15) is 11.9 Å². The Bertz CT molecular complexity index is 1010. The van der Waals surface area contributed by atoms with E-state index in [9.17, 15) is 0 Å². The third kappa shape index (κ3) is 3.48. The number of anilines is 2. The third-order valence-electron chi connectivity index (χ3n) is 5.94. The standard InChI is InChI=1S/C22H23N5S/c23-13-15-4-7-21(24-14-15)25-17-5-6-19-20(12-17)28-22(26-19)16-10-18(11-16)27-8-2-1-3-9-27/h4-7,12,14,16,18H,1-3,8-11H2,(H,24,25). The molecule has 28 heavy (non-hydrogen) atoms. The number of nitrogens with one attached hydrogen (secondary N) is 1. The molecule has 142 valence electrons. The zero-order valence-corrected chi connectivity index (χ0v) is 16.6. The fraction of sp³-hybridized carbons (Fsp3) is 0.409. The zero-order valence-electron chi connectivity index (χ0n) is 15.8. The van der Waals surface area contributed by atoms with Gasteiger partial charge in [0.05, 0.1) is 20.8 Å². The first kappa shape index (κ1) is 17.6. The van der Waals surface area contributed by atoms with Crippen LogP contribution >= 0.6 is 11.3 Å². The van der Waals surface area contributed by atoms with Gasteiger partial charge in [-0.15, -0.1) is 11.3 Å². The van der Waals surface area contributed by atoms with E-state index in [2.05, 4.69) is 33.4 Å². The average molecular weight is 390 g/mol. The van der Waals surface area contributed by atoms with Crippen LogP contribution in [0.1, 0.15) is 48.6 Å². The summed E-state index contributed by atoms with van der Waals surface area (Å²) in [6.45, 7) is 2.57. The number of rotatable bonds is 4. The van der Waals surface area contributed by atoms with Crippen LogP contribution in [0.2, 0.25) is 0 Å². The summed E-state index contributed by atoms with van der Waals surface area (Å²) in [5.74, 6) is 1.37. The van der Waals surface area contributed by atoms with E-state index in [-0.39, 0.29) is 0 Å². The lowest BCUT2D eigenvalue weighted by Gasteiger charge is -2.43. The highest BCUT2D eigenvalue weighted by atomic mass is 32.1. The maximum Gasteiger partial charge on any atom is 0.130 e. The van der Waals surface area contributed by atoms with Crippen molar-refractivity contribution in [2.45, 2.75) is 44.1 Å². The number of likely N-dealkylation sites (tertiary alicyclic amines) is 1. The quantitative estimate of drug-likeness (QED) is 0.677. The van der Waals surface area contributed by atoms with E-state index in [1.807, 2.05) is 23.5 Å². The van der Waals surface area contributed by atoms with E-state index < -0.39 is 0 Å². The van der Waals surface area contributed by atoms with Crippen molar-refractivity contribution in [3.05, 3.63) is 47.1 Å². The molecule has 0 atom stereocenters. The minimum absolute atomic E-state index is 0.566. The van der Waals surface area contributed by atoms with E-state index in [0.717, 1.165) is 23.1 Å². The highest BCUT2D eigenvalue weighted by Crippen LogP contribution is 2.43. The molecule has 1 saturated carbocycles. The number of piperidine rings is 1. The molecular weight excluding hydrogens is 366 g/mol. The van der Waals surface area contributed by atoms with Crippen molar-refractivity contribution >= 4 is 33.1 Å². The van der Waals surface area contributed by atoms with E-state index >= 15 is 0 Å². The molecule has 0 bridgehead atoms. The molecule has 1 N–H and O–H groups in total. The van der Waals surface area contributed by atoms with Crippen LogP contribution in [0.25, 0.3) is 10.2 Å². The second kappa shape index (κ2) is 7.50. The van der Waals surface area contributed by atoms with Gasteiger partial charge in [0.25, 0.3) is 0 Å². The SMILES string of the molecule is N#Cc1ccc(Nc2ccc3nc(C4CC(N5CCCCC5)C4)sc3c2)nc1. The second-order valence-corrected chi connectivity index (χ2v) is 8.88. The van der Waals surface area contributed by atoms with Crippen LogP contribution < -0.4 is 5.32 Å². The van der Waals surface area contributed by atoms with Gasteiger partial charge in [0.2, 0.25) is 0 Å². The highest BCUT2D eigenvalue weighted by Gasteiger charge is 2.36. The van der Waals surface area contributed by atoms with Gasteiger partial charge in [-0.1, -0.05) is 6.42 Å². The number of nitriles is 1. The smallest absolute Gasteiger partial charge is 0.130 e. The summed E-state index contributed by atoms with van der Waals surface area (Å²) in [7, 11) is 0. The summed E-state index contributed by atoms with van der Waals surface area (Å²) in [5.41, 5.74) is 2.65. The van der Waals surface area contributed by atoms with Gasteiger partial charge in [-0.3, -0.25) is 0 Å². The predicted octanol–water partition coefficient (Wildman–Crippen LogP) is 5.04. The van der Waals surface area contributed by atoms with Crippen LogP contribution in [0.15, 0.2) is 36.5 Å². The first-order chi connectivity index (χ1) is 13.8. The topological polar surface area (TPSA) is 64.8 Å². The van der Waals surface area contributed by atoms with Crippen molar-refractivity contribution in [3.8, 4) is 6.07 Å². The number of pyridine rings is 1. The van der Waals surface area contributed by atoms with Crippen LogP contribution in [-0.2, 0) is 0 Å². The van der Waals surface area contributed by atoms with Crippen LogP contribution in [-0.4, -0.2) is 34.0 Å². The minimum atomic E-state index is 0.566. The van der Waals surface area contributed by atoms with Crippen molar-refractivity contribution in [1.82, 2.24) is 14.9 Å². The first-order valence-electron chi connectivity index (χ1n) is 10.1. The first-order valence-corrected chi connectivity index (χ1v) is 10.9. The van der Waals surface area contributed by atoms with E-state index in [1.54, 1.807) is 12.3 Å². The fourth-order valence-electron chi connectivity index (χ4n) is 4.25. The van der Waals surface area contributed by atoms with Gasteiger partial charge >= 0.3 is 0 Å². The van der Waals surface area contributed by atoms with Crippen molar-refractivity contribution < 1.29 is 0 Å². The summed E-state index contributed by atoms with van der Waals surface area (Å²) in [6.07, 6.45) is 8.25. The number of nitrogens with zero attached hydrogens (tertiary/aromatic N) is 4. The largest absolute Gasteiger partial charge is 0.340 e.